The van der Waals surface area contributed by atoms with E-state index >= 15 is 0 Å². The SMILES string of the molecule is CNC(=O)c1cc(S(=O)(=O)N2CCOCC(C(=O)O)C2)ccc1OC. The number of nitrogens with zero attached hydrogens (tertiary/aromatic N) is 1. The van der Waals surface area contributed by atoms with Gasteiger partial charge in [0.05, 0.1) is 36.7 Å². The van der Waals surface area contributed by atoms with Gasteiger partial charge in [-0.05, 0) is 18.2 Å². The van der Waals surface area contributed by atoms with Crippen molar-refractivity contribution in [2.45, 2.75) is 4.90 Å². The minimum absolute atomic E-state index is 0.0352. The van der Waals surface area contributed by atoms with Gasteiger partial charge in [-0.1, -0.05) is 0 Å². The predicted octanol–water partition coefficient (Wildman–Crippen LogP) is -0.223. The van der Waals surface area contributed by atoms with Crippen molar-refractivity contribution < 1.29 is 32.6 Å². The van der Waals surface area contributed by atoms with Gasteiger partial charge in [0.25, 0.3) is 5.91 Å². The number of hydrogen-bond donors (Lipinski definition) is 2. The molecule has 0 saturated carbocycles. The molecule has 1 aliphatic rings. The first-order chi connectivity index (χ1) is 11.8. The molecule has 1 aliphatic heterocycles. The van der Waals surface area contributed by atoms with Gasteiger partial charge in [-0.2, -0.15) is 4.31 Å². The molecule has 138 valence electrons. The van der Waals surface area contributed by atoms with E-state index in [9.17, 15) is 18.0 Å². The van der Waals surface area contributed by atoms with Crippen molar-refractivity contribution in [1.29, 1.82) is 0 Å². The Bertz CT molecular complexity index is 763. The molecule has 0 spiro atoms. The number of ether oxygens (including phenoxy) is 2. The molecule has 0 bridgehead atoms. The molecule has 1 aromatic carbocycles. The Morgan fingerprint density at radius 3 is 2.72 bits per heavy atom. The number of rotatable bonds is 5. The van der Waals surface area contributed by atoms with Crippen LogP contribution in [0.15, 0.2) is 23.1 Å². The molecule has 25 heavy (non-hydrogen) atoms. The summed E-state index contributed by atoms with van der Waals surface area (Å²) in [6.45, 7) is -0.110. The van der Waals surface area contributed by atoms with Crippen LogP contribution < -0.4 is 10.1 Å². The minimum Gasteiger partial charge on any atom is -0.496 e. The zero-order valence-corrected chi connectivity index (χ0v) is 14.7. The van der Waals surface area contributed by atoms with E-state index in [1.807, 2.05) is 0 Å². The van der Waals surface area contributed by atoms with Gasteiger partial charge in [0.2, 0.25) is 10.0 Å². The van der Waals surface area contributed by atoms with E-state index in [4.69, 9.17) is 14.6 Å². The molecule has 0 aromatic heterocycles. The molecule has 1 saturated heterocycles. The predicted molar refractivity (Wildman–Crippen MR) is 87.1 cm³/mol. The second-order valence-corrected chi connectivity index (χ2v) is 7.35. The molecule has 2 rings (SSSR count). The highest BCUT2D eigenvalue weighted by atomic mass is 32.2. The summed E-state index contributed by atoms with van der Waals surface area (Å²) in [4.78, 5) is 23.0. The molecular weight excluding hydrogens is 352 g/mol. The smallest absolute Gasteiger partial charge is 0.310 e. The molecule has 1 atom stereocenters. The fourth-order valence-corrected chi connectivity index (χ4v) is 3.95. The first-order valence-electron chi connectivity index (χ1n) is 7.52. The molecule has 10 heteroatoms. The van der Waals surface area contributed by atoms with Gasteiger partial charge in [-0.15, -0.1) is 0 Å². The normalized spacial score (nSPS) is 19.0. The van der Waals surface area contributed by atoms with Crippen molar-refractivity contribution in [3.8, 4) is 5.75 Å². The second-order valence-electron chi connectivity index (χ2n) is 5.41. The van der Waals surface area contributed by atoms with Crippen LogP contribution in [0.4, 0.5) is 0 Å². The van der Waals surface area contributed by atoms with Crippen molar-refractivity contribution in [2.75, 3.05) is 40.5 Å². The van der Waals surface area contributed by atoms with E-state index in [1.165, 1.54) is 32.4 Å². The Balaban J connectivity index is 2.41. The largest absolute Gasteiger partial charge is 0.496 e. The Labute approximate surface area is 145 Å². The third-order valence-electron chi connectivity index (χ3n) is 3.86. The second kappa shape index (κ2) is 7.81. The number of carbonyl (C=O) groups excluding carboxylic acids is 1. The molecule has 0 radical (unpaired) electrons. The lowest BCUT2D eigenvalue weighted by molar-refractivity contribution is -0.143. The molecule has 1 heterocycles. The van der Waals surface area contributed by atoms with Crippen LogP contribution in [0.1, 0.15) is 10.4 Å². The van der Waals surface area contributed by atoms with E-state index in [1.54, 1.807) is 0 Å². The number of amides is 1. The molecule has 1 aromatic rings. The van der Waals surface area contributed by atoms with Crippen molar-refractivity contribution in [1.82, 2.24) is 9.62 Å². The lowest BCUT2D eigenvalue weighted by atomic mass is 10.2. The Morgan fingerprint density at radius 1 is 1.40 bits per heavy atom. The highest BCUT2D eigenvalue weighted by Gasteiger charge is 2.33. The number of methoxy groups -OCH3 is 1. The number of carbonyl (C=O) groups is 2. The summed E-state index contributed by atoms with van der Waals surface area (Å²) in [5.41, 5.74) is 0.0759. The number of carboxylic acid groups (broad SMARTS) is 1. The van der Waals surface area contributed by atoms with Gasteiger partial charge in [0.1, 0.15) is 5.75 Å². The van der Waals surface area contributed by atoms with Crippen LogP contribution in [0.5, 0.6) is 5.75 Å². The Kier molecular flexibility index (Phi) is 5.98. The van der Waals surface area contributed by atoms with Crippen LogP contribution in [0.25, 0.3) is 0 Å². The van der Waals surface area contributed by atoms with Crippen LogP contribution in [-0.2, 0) is 19.6 Å². The standard InChI is InChI=1S/C15H20N2O7S/c1-16-14(18)12-7-11(3-4-13(12)23-2)25(21,22)17-5-6-24-9-10(8-17)15(19)20/h3-4,7,10H,5-6,8-9H2,1-2H3,(H,16,18)(H,19,20). The summed E-state index contributed by atoms with van der Waals surface area (Å²) in [7, 11) is -1.19. The molecule has 9 nitrogen and oxygen atoms in total. The number of hydrogen-bond acceptors (Lipinski definition) is 6. The van der Waals surface area contributed by atoms with Crippen molar-refractivity contribution >= 4 is 21.9 Å². The monoisotopic (exact) mass is 372 g/mol. The van der Waals surface area contributed by atoms with Gasteiger partial charge < -0.3 is 19.9 Å². The number of carboxylic acids is 1. The molecule has 1 unspecified atom stereocenters. The van der Waals surface area contributed by atoms with E-state index in [2.05, 4.69) is 5.32 Å². The number of benzene rings is 1. The van der Waals surface area contributed by atoms with Gasteiger partial charge in [0, 0.05) is 20.1 Å². The molecular formula is C15H20N2O7S. The van der Waals surface area contributed by atoms with Gasteiger partial charge in [-0.25, -0.2) is 8.42 Å². The first-order valence-corrected chi connectivity index (χ1v) is 8.96. The van der Waals surface area contributed by atoms with E-state index in [0.717, 1.165) is 4.31 Å². The Morgan fingerprint density at radius 2 is 2.12 bits per heavy atom. The molecule has 2 N–H and O–H groups in total. The summed E-state index contributed by atoms with van der Waals surface area (Å²) in [6.07, 6.45) is 0. The van der Waals surface area contributed by atoms with Crippen molar-refractivity contribution in [2.24, 2.45) is 5.92 Å². The van der Waals surface area contributed by atoms with Crippen LogP contribution >= 0.6 is 0 Å². The first kappa shape index (κ1) is 19.2. The summed E-state index contributed by atoms with van der Waals surface area (Å²) >= 11 is 0. The maximum atomic E-state index is 12.9. The maximum absolute atomic E-state index is 12.9. The highest BCUT2D eigenvalue weighted by molar-refractivity contribution is 7.89. The zero-order chi connectivity index (χ0) is 18.6. The average molecular weight is 372 g/mol. The third-order valence-corrected chi connectivity index (χ3v) is 5.72. The number of aliphatic carboxylic acids is 1. The lowest BCUT2D eigenvalue weighted by Crippen LogP contribution is -2.38. The maximum Gasteiger partial charge on any atom is 0.310 e. The number of nitrogens with one attached hydrogen (secondary N) is 1. The fraction of sp³-hybridized carbons (Fsp3) is 0.467. The summed E-state index contributed by atoms with van der Waals surface area (Å²) in [5.74, 6) is -2.32. The highest BCUT2D eigenvalue weighted by Crippen LogP contribution is 2.25. The zero-order valence-electron chi connectivity index (χ0n) is 13.9. The van der Waals surface area contributed by atoms with Crippen LogP contribution in [-0.4, -0.2) is 70.2 Å². The van der Waals surface area contributed by atoms with Crippen LogP contribution in [0.3, 0.4) is 0 Å². The summed E-state index contributed by atoms with van der Waals surface area (Å²) < 4.78 is 37.1. The van der Waals surface area contributed by atoms with E-state index in [0.29, 0.717) is 0 Å². The third kappa shape index (κ3) is 4.09. The van der Waals surface area contributed by atoms with E-state index in [-0.39, 0.29) is 42.5 Å². The quantitative estimate of drug-likeness (QED) is 0.732. The molecule has 0 aliphatic carbocycles. The van der Waals surface area contributed by atoms with Crippen molar-refractivity contribution in [3.05, 3.63) is 23.8 Å². The van der Waals surface area contributed by atoms with Gasteiger partial charge in [-0.3, -0.25) is 9.59 Å². The topological polar surface area (TPSA) is 122 Å². The average Bonchev–Trinajstić information content (AvgIpc) is 2.87. The summed E-state index contributed by atoms with van der Waals surface area (Å²) in [5, 5.41) is 11.6. The van der Waals surface area contributed by atoms with Gasteiger partial charge >= 0.3 is 5.97 Å². The molecule has 1 amide bonds. The van der Waals surface area contributed by atoms with E-state index < -0.39 is 27.8 Å². The van der Waals surface area contributed by atoms with Crippen molar-refractivity contribution in [3.63, 3.8) is 0 Å². The summed E-state index contributed by atoms with van der Waals surface area (Å²) in [6, 6.07) is 3.93. The fourth-order valence-electron chi connectivity index (χ4n) is 2.46. The van der Waals surface area contributed by atoms with Crippen LogP contribution in [0.2, 0.25) is 0 Å². The Hall–Kier alpha value is -2.17. The lowest BCUT2D eigenvalue weighted by Gasteiger charge is -2.22. The van der Waals surface area contributed by atoms with Crippen LogP contribution in [0, 0.1) is 5.92 Å². The van der Waals surface area contributed by atoms with Gasteiger partial charge in [0.15, 0.2) is 0 Å². The number of sulfonamides is 1. The minimum atomic E-state index is -3.99. The molecule has 1 fully saturated rings.